The highest BCUT2D eigenvalue weighted by atomic mass is 16.6. The molecule has 0 saturated carbocycles. The number of amides is 1. The topological polar surface area (TPSA) is 77.2 Å². The summed E-state index contributed by atoms with van der Waals surface area (Å²) in [4.78, 5) is 12.1. The summed E-state index contributed by atoms with van der Waals surface area (Å²) in [5, 5.41) is 10.2. The summed E-state index contributed by atoms with van der Waals surface area (Å²) >= 11 is 0. The lowest BCUT2D eigenvalue weighted by atomic mass is 10.1. The van der Waals surface area contributed by atoms with Crippen molar-refractivity contribution < 1.29 is 14.2 Å². The van der Waals surface area contributed by atoms with Gasteiger partial charge in [0.25, 0.3) is 5.91 Å². The maximum atomic E-state index is 12.1. The van der Waals surface area contributed by atoms with Crippen molar-refractivity contribution in [1.82, 2.24) is 10.3 Å². The number of ether oxygens (including phenoxy) is 1. The highest BCUT2D eigenvalue weighted by molar-refractivity contribution is 5.94. The zero-order valence-corrected chi connectivity index (χ0v) is 13.4. The van der Waals surface area contributed by atoms with E-state index < -0.39 is 0 Å². The molecule has 0 unspecified atom stereocenters. The van der Waals surface area contributed by atoms with Crippen LogP contribution in [0.2, 0.25) is 0 Å². The Balaban J connectivity index is 1.65. The minimum Gasteiger partial charge on any atom is -0.484 e. The molecule has 6 heteroatoms. The normalized spacial score (nSPS) is 10.4. The van der Waals surface area contributed by atoms with Gasteiger partial charge in [-0.2, -0.15) is 0 Å². The number of carbonyl (C=O) groups excluding carboxylic acids is 1. The van der Waals surface area contributed by atoms with Crippen molar-refractivity contribution >= 4 is 11.7 Å². The van der Waals surface area contributed by atoms with E-state index in [1.807, 2.05) is 62.4 Å². The highest BCUT2D eigenvalue weighted by Gasteiger charge is 2.15. The number of benzene rings is 2. The van der Waals surface area contributed by atoms with Crippen molar-refractivity contribution in [1.29, 1.82) is 0 Å². The van der Waals surface area contributed by atoms with Gasteiger partial charge in [0.15, 0.2) is 12.3 Å². The molecule has 2 aromatic carbocycles. The van der Waals surface area contributed by atoms with Crippen molar-refractivity contribution in [2.24, 2.45) is 0 Å². The number of rotatable bonds is 5. The summed E-state index contributed by atoms with van der Waals surface area (Å²) in [5.41, 5.74) is 3.45. The van der Waals surface area contributed by atoms with E-state index in [1.165, 1.54) is 0 Å². The van der Waals surface area contributed by atoms with Gasteiger partial charge in [0.1, 0.15) is 5.75 Å². The van der Waals surface area contributed by atoms with Gasteiger partial charge in [0.2, 0.25) is 5.82 Å². The first-order valence-corrected chi connectivity index (χ1v) is 7.51. The Morgan fingerprint density at radius 2 is 1.79 bits per heavy atom. The lowest BCUT2D eigenvalue weighted by Gasteiger charge is -2.08. The van der Waals surface area contributed by atoms with E-state index in [4.69, 9.17) is 9.37 Å². The van der Waals surface area contributed by atoms with Gasteiger partial charge in [-0.3, -0.25) is 4.79 Å². The summed E-state index contributed by atoms with van der Waals surface area (Å²) < 4.78 is 10.3. The number of hydrogen-bond donors (Lipinski definition) is 1. The van der Waals surface area contributed by atoms with Crippen molar-refractivity contribution in [3.63, 3.8) is 0 Å². The SMILES string of the molecule is Cc1cc(C)cc(OCC(=O)Nc2nonc2-c2ccccc2)c1. The molecule has 122 valence electrons. The van der Waals surface area contributed by atoms with Crippen LogP contribution in [-0.4, -0.2) is 22.8 Å². The predicted molar refractivity (Wildman–Crippen MR) is 89.8 cm³/mol. The molecule has 1 heterocycles. The second-order valence-electron chi connectivity index (χ2n) is 5.49. The van der Waals surface area contributed by atoms with Gasteiger partial charge < -0.3 is 10.1 Å². The van der Waals surface area contributed by atoms with Crippen LogP contribution < -0.4 is 10.1 Å². The first-order valence-electron chi connectivity index (χ1n) is 7.51. The van der Waals surface area contributed by atoms with Crippen molar-refractivity contribution in [2.75, 3.05) is 11.9 Å². The molecule has 0 saturated heterocycles. The fourth-order valence-corrected chi connectivity index (χ4v) is 2.39. The molecule has 3 aromatic rings. The first kappa shape index (κ1) is 15.7. The van der Waals surface area contributed by atoms with E-state index in [0.717, 1.165) is 16.7 Å². The van der Waals surface area contributed by atoms with Gasteiger partial charge in [-0.25, -0.2) is 4.63 Å². The number of hydrogen-bond acceptors (Lipinski definition) is 5. The largest absolute Gasteiger partial charge is 0.484 e. The van der Waals surface area contributed by atoms with Gasteiger partial charge in [0.05, 0.1) is 0 Å². The van der Waals surface area contributed by atoms with E-state index in [-0.39, 0.29) is 18.3 Å². The second-order valence-corrected chi connectivity index (χ2v) is 5.49. The summed E-state index contributed by atoms with van der Waals surface area (Å²) in [5.74, 6) is 0.599. The van der Waals surface area contributed by atoms with Gasteiger partial charge in [-0.1, -0.05) is 36.4 Å². The number of nitrogens with zero attached hydrogens (tertiary/aromatic N) is 2. The number of anilines is 1. The quantitative estimate of drug-likeness (QED) is 0.779. The fraction of sp³-hybridized carbons (Fsp3) is 0.167. The molecular weight excluding hydrogens is 306 g/mol. The van der Waals surface area contributed by atoms with Crippen LogP contribution in [0, 0.1) is 13.8 Å². The molecule has 0 aliphatic rings. The minimum absolute atomic E-state index is 0.121. The molecule has 0 bridgehead atoms. The van der Waals surface area contributed by atoms with E-state index in [9.17, 15) is 4.79 Å². The minimum atomic E-state index is -0.331. The van der Waals surface area contributed by atoms with E-state index in [1.54, 1.807) is 0 Å². The standard InChI is InChI=1S/C18H17N3O3/c1-12-8-13(2)10-15(9-12)23-11-16(22)19-18-17(20-24-21-18)14-6-4-3-5-7-14/h3-10H,11H2,1-2H3,(H,19,21,22). The third-order valence-electron chi connectivity index (χ3n) is 3.36. The Bertz CT molecular complexity index is 823. The van der Waals surface area contributed by atoms with Crippen LogP contribution in [0.4, 0.5) is 5.82 Å². The average molecular weight is 323 g/mol. The summed E-state index contributed by atoms with van der Waals surface area (Å²) in [6, 6.07) is 15.2. The molecule has 1 N–H and O–H groups in total. The molecule has 1 aromatic heterocycles. The first-order chi connectivity index (χ1) is 11.6. The average Bonchev–Trinajstić information content (AvgIpc) is 3.01. The van der Waals surface area contributed by atoms with Gasteiger partial charge in [0, 0.05) is 5.56 Å². The monoisotopic (exact) mass is 323 g/mol. The zero-order chi connectivity index (χ0) is 16.9. The van der Waals surface area contributed by atoms with Gasteiger partial charge in [-0.05, 0) is 47.4 Å². The molecule has 0 spiro atoms. The Hall–Kier alpha value is -3.15. The van der Waals surface area contributed by atoms with E-state index in [2.05, 4.69) is 15.6 Å². The highest BCUT2D eigenvalue weighted by Crippen LogP contribution is 2.23. The van der Waals surface area contributed by atoms with Crippen molar-refractivity contribution in [3.8, 4) is 17.0 Å². The van der Waals surface area contributed by atoms with Crippen LogP contribution in [0.25, 0.3) is 11.3 Å². The van der Waals surface area contributed by atoms with Crippen LogP contribution in [0.1, 0.15) is 11.1 Å². The number of nitrogens with one attached hydrogen (secondary N) is 1. The number of aromatic nitrogens is 2. The summed E-state index contributed by atoms with van der Waals surface area (Å²) in [6.07, 6.45) is 0. The number of carbonyl (C=O) groups is 1. The van der Waals surface area contributed by atoms with Gasteiger partial charge >= 0.3 is 0 Å². The van der Waals surface area contributed by atoms with Crippen LogP contribution in [-0.2, 0) is 4.79 Å². The third-order valence-corrected chi connectivity index (χ3v) is 3.36. The van der Waals surface area contributed by atoms with E-state index in [0.29, 0.717) is 11.4 Å². The molecule has 6 nitrogen and oxygen atoms in total. The molecular formula is C18H17N3O3. The second kappa shape index (κ2) is 6.95. The third kappa shape index (κ3) is 3.78. The van der Waals surface area contributed by atoms with Crippen LogP contribution in [0.15, 0.2) is 53.2 Å². The summed E-state index contributed by atoms with van der Waals surface area (Å²) in [7, 11) is 0. The molecule has 1 amide bonds. The van der Waals surface area contributed by atoms with E-state index >= 15 is 0 Å². The molecule has 3 rings (SSSR count). The fourth-order valence-electron chi connectivity index (χ4n) is 2.39. The Labute approximate surface area is 139 Å². The Kier molecular flexibility index (Phi) is 4.56. The molecule has 0 fully saturated rings. The molecule has 24 heavy (non-hydrogen) atoms. The van der Waals surface area contributed by atoms with Crippen LogP contribution in [0.3, 0.4) is 0 Å². The predicted octanol–water partition coefficient (Wildman–Crippen LogP) is 3.37. The smallest absolute Gasteiger partial charge is 0.263 e. The number of aryl methyl sites for hydroxylation is 2. The Morgan fingerprint density at radius 1 is 1.08 bits per heavy atom. The van der Waals surface area contributed by atoms with Crippen LogP contribution >= 0.6 is 0 Å². The Morgan fingerprint density at radius 3 is 2.50 bits per heavy atom. The van der Waals surface area contributed by atoms with Crippen molar-refractivity contribution in [2.45, 2.75) is 13.8 Å². The van der Waals surface area contributed by atoms with Gasteiger partial charge in [-0.15, -0.1) is 0 Å². The zero-order valence-electron chi connectivity index (χ0n) is 13.4. The van der Waals surface area contributed by atoms with Crippen molar-refractivity contribution in [3.05, 3.63) is 59.7 Å². The molecule has 0 atom stereocenters. The molecule has 0 aliphatic carbocycles. The maximum absolute atomic E-state index is 12.1. The summed E-state index contributed by atoms with van der Waals surface area (Å²) in [6.45, 7) is 3.84. The lowest BCUT2D eigenvalue weighted by molar-refractivity contribution is -0.118. The molecule has 0 aliphatic heterocycles. The lowest BCUT2D eigenvalue weighted by Crippen LogP contribution is -2.20. The maximum Gasteiger partial charge on any atom is 0.263 e. The molecule has 0 radical (unpaired) electrons. The van der Waals surface area contributed by atoms with Crippen LogP contribution in [0.5, 0.6) is 5.75 Å².